The number of amides is 1. The first-order chi connectivity index (χ1) is 7.04. The van der Waals surface area contributed by atoms with Gasteiger partial charge in [0.05, 0.1) is 0 Å². The van der Waals surface area contributed by atoms with E-state index in [2.05, 4.69) is 0 Å². The van der Waals surface area contributed by atoms with Crippen LogP contribution in [0, 0.1) is 5.92 Å². The Kier molecular flexibility index (Phi) is 4.24. The molecule has 2 atom stereocenters. The van der Waals surface area contributed by atoms with E-state index in [1.807, 2.05) is 13.8 Å². The van der Waals surface area contributed by atoms with Crippen molar-refractivity contribution in [2.24, 2.45) is 5.92 Å². The Labute approximate surface area is 88.9 Å². The van der Waals surface area contributed by atoms with Gasteiger partial charge in [-0.15, -0.1) is 0 Å². The van der Waals surface area contributed by atoms with Gasteiger partial charge in [-0.05, 0) is 25.8 Å². The maximum absolute atomic E-state index is 12.1. The molecule has 4 heteroatoms. The Morgan fingerprint density at radius 3 is 2.87 bits per heavy atom. The van der Waals surface area contributed by atoms with E-state index >= 15 is 0 Å². The molecule has 1 aliphatic heterocycles. The van der Waals surface area contributed by atoms with Gasteiger partial charge in [-0.25, -0.2) is 0 Å². The van der Waals surface area contributed by atoms with Crippen molar-refractivity contribution in [1.29, 1.82) is 0 Å². The minimum atomic E-state index is -1.64. The molecular formula is C11H17F2NO. The van der Waals surface area contributed by atoms with Crippen molar-refractivity contribution >= 4 is 5.91 Å². The maximum atomic E-state index is 12.1. The van der Waals surface area contributed by atoms with Gasteiger partial charge in [-0.2, -0.15) is 8.78 Å². The molecular weight excluding hydrogens is 200 g/mol. The number of hydrogen-bond acceptors (Lipinski definition) is 1. The van der Waals surface area contributed by atoms with Crippen LogP contribution in [0.5, 0.6) is 0 Å². The number of carbonyl (C=O) groups is 1. The molecule has 0 N–H and O–H groups in total. The van der Waals surface area contributed by atoms with E-state index in [9.17, 15) is 13.6 Å². The molecule has 1 fully saturated rings. The molecule has 0 spiro atoms. The third-order valence-corrected chi connectivity index (χ3v) is 2.97. The Balaban J connectivity index is 2.64. The summed E-state index contributed by atoms with van der Waals surface area (Å²) < 4.78 is 24.2. The maximum Gasteiger partial charge on any atom is 0.266 e. The molecule has 1 heterocycles. The second-order valence-electron chi connectivity index (χ2n) is 4.06. The molecule has 1 amide bonds. The van der Waals surface area contributed by atoms with Gasteiger partial charge in [0.2, 0.25) is 5.91 Å². The van der Waals surface area contributed by atoms with Gasteiger partial charge < -0.3 is 4.90 Å². The van der Waals surface area contributed by atoms with Crippen molar-refractivity contribution in [3.8, 4) is 0 Å². The van der Waals surface area contributed by atoms with Gasteiger partial charge in [0.15, 0.2) is 0 Å². The molecule has 15 heavy (non-hydrogen) atoms. The van der Waals surface area contributed by atoms with Crippen LogP contribution in [-0.2, 0) is 4.79 Å². The van der Waals surface area contributed by atoms with E-state index in [0.29, 0.717) is 19.4 Å². The van der Waals surface area contributed by atoms with Crippen molar-refractivity contribution < 1.29 is 13.6 Å². The first-order valence-electron chi connectivity index (χ1n) is 5.36. The predicted octanol–water partition coefficient (Wildman–Crippen LogP) is 2.80. The number of likely N-dealkylation sites (tertiary alicyclic amines) is 1. The molecule has 0 aromatic heterocycles. The van der Waals surface area contributed by atoms with Gasteiger partial charge in [-0.1, -0.05) is 6.92 Å². The van der Waals surface area contributed by atoms with Crippen molar-refractivity contribution in [3.05, 3.63) is 12.2 Å². The summed E-state index contributed by atoms with van der Waals surface area (Å²) in [5.74, 6) is -0.0880. The molecule has 1 aliphatic rings. The molecule has 86 valence electrons. The Hall–Kier alpha value is -0.930. The van der Waals surface area contributed by atoms with Gasteiger partial charge in [-0.3, -0.25) is 4.79 Å². The van der Waals surface area contributed by atoms with E-state index in [1.165, 1.54) is 0 Å². The average Bonchev–Trinajstić information content (AvgIpc) is 2.19. The van der Waals surface area contributed by atoms with E-state index < -0.39 is 6.08 Å². The molecule has 0 saturated carbocycles. The number of halogens is 2. The smallest absolute Gasteiger partial charge is 0.266 e. The number of piperidine rings is 1. The van der Waals surface area contributed by atoms with Crippen LogP contribution in [0.1, 0.15) is 33.1 Å². The second-order valence-corrected chi connectivity index (χ2v) is 4.06. The lowest BCUT2D eigenvalue weighted by Crippen LogP contribution is -2.44. The summed E-state index contributed by atoms with van der Waals surface area (Å²) in [5.41, 5.74) is 0. The SMILES string of the molecule is CCC(C)N1CC(C=C(F)F)CCC1=O. The fourth-order valence-corrected chi connectivity index (χ4v) is 1.86. The lowest BCUT2D eigenvalue weighted by atomic mass is 9.96. The molecule has 0 bridgehead atoms. The van der Waals surface area contributed by atoms with Crippen LogP contribution in [0.3, 0.4) is 0 Å². The van der Waals surface area contributed by atoms with E-state index in [1.54, 1.807) is 4.90 Å². The molecule has 0 aliphatic carbocycles. The highest BCUT2D eigenvalue weighted by molar-refractivity contribution is 5.77. The Morgan fingerprint density at radius 1 is 1.67 bits per heavy atom. The lowest BCUT2D eigenvalue weighted by molar-refractivity contribution is -0.136. The molecule has 1 saturated heterocycles. The topological polar surface area (TPSA) is 20.3 Å². The molecule has 0 aromatic carbocycles. The van der Waals surface area contributed by atoms with Gasteiger partial charge in [0.25, 0.3) is 6.08 Å². The number of rotatable bonds is 3. The van der Waals surface area contributed by atoms with Crippen LogP contribution < -0.4 is 0 Å². The van der Waals surface area contributed by atoms with Crippen molar-refractivity contribution in [2.75, 3.05) is 6.54 Å². The highest BCUT2D eigenvalue weighted by Crippen LogP contribution is 2.23. The third-order valence-electron chi connectivity index (χ3n) is 2.97. The molecule has 2 unspecified atom stereocenters. The first-order valence-corrected chi connectivity index (χ1v) is 5.36. The molecule has 0 radical (unpaired) electrons. The van der Waals surface area contributed by atoms with Crippen molar-refractivity contribution in [1.82, 2.24) is 4.90 Å². The normalized spacial score (nSPS) is 23.9. The highest BCUT2D eigenvalue weighted by Gasteiger charge is 2.27. The molecule has 0 aromatic rings. The molecule has 2 nitrogen and oxygen atoms in total. The predicted molar refractivity (Wildman–Crippen MR) is 54.5 cm³/mol. The van der Waals surface area contributed by atoms with Gasteiger partial charge in [0.1, 0.15) is 0 Å². The summed E-state index contributed by atoms with van der Waals surface area (Å²) in [6, 6.07) is 0.149. The monoisotopic (exact) mass is 217 g/mol. The second kappa shape index (κ2) is 5.24. The van der Waals surface area contributed by atoms with Crippen molar-refractivity contribution in [2.45, 2.75) is 39.2 Å². The number of hydrogen-bond donors (Lipinski definition) is 0. The van der Waals surface area contributed by atoms with Gasteiger partial charge in [0, 0.05) is 24.9 Å². The van der Waals surface area contributed by atoms with E-state index in [-0.39, 0.29) is 17.9 Å². The standard InChI is InChI=1S/C11H17F2NO/c1-3-8(2)14-7-9(6-10(12)13)4-5-11(14)15/h6,8-9H,3-5,7H2,1-2H3. The van der Waals surface area contributed by atoms with E-state index in [4.69, 9.17) is 0 Å². The zero-order chi connectivity index (χ0) is 11.4. The fraction of sp³-hybridized carbons (Fsp3) is 0.727. The Morgan fingerprint density at radius 2 is 2.33 bits per heavy atom. The summed E-state index contributed by atoms with van der Waals surface area (Å²) >= 11 is 0. The van der Waals surface area contributed by atoms with Crippen LogP contribution in [0.2, 0.25) is 0 Å². The summed E-state index contributed by atoms with van der Waals surface area (Å²) in [5, 5.41) is 0. The van der Waals surface area contributed by atoms with Crippen LogP contribution in [0.15, 0.2) is 12.2 Å². The quantitative estimate of drug-likeness (QED) is 0.711. The summed E-state index contributed by atoms with van der Waals surface area (Å²) in [4.78, 5) is 13.3. The van der Waals surface area contributed by atoms with Crippen molar-refractivity contribution in [3.63, 3.8) is 0 Å². The largest absolute Gasteiger partial charge is 0.339 e. The van der Waals surface area contributed by atoms with Gasteiger partial charge >= 0.3 is 0 Å². The highest BCUT2D eigenvalue weighted by atomic mass is 19.3. The lowest BCUT2D eigenvalue weighted by Gasteiger charge is -2.35. The average molecular weight is 217 g/mol. The molecule has 1 rings (SSSR count). The third kappa shape index (κ3) is 3.29. The summed E-state index contributed by atoms with van der Waals surface area (Å²) in [6.45, 7) is 4.38. The zero-order valence-electron chi connectivity index (χ0n) is 9.17. The summed E-state index contributed by atoms with van der Waals surface area (Å²) in [7, 11) is 0. The number of carbonyl (C=O) groups excluding carboxylic acids is 1. The summed E-state index contributed by atoms with van der Waals surface area (Å²) in [6.07, 6.45) is 1.13. The van der Waals surface area contributed by atoms with Crippen LogP contribution >= 0.6 is 0 Å². The Bertz CT molecular complexity index is 261. The first kappa shape index (κ1) is 12.1. The minimum Gasteiger partial charge on any atom is -0.339 e. The van der Waals surface area contributed by atoms with E-state index in [0.717, 1.165) is 12.5 Å². The number of nitrogens with zero attached hydrogens (tertiary/aromatic N) is 1. The fourth-order valence-electron chi connectivity index (χ4n) is 1.86. The van der Waals surface area contributed by atoms with Crippen LogP contribution in [0.4, 0.5) is 8.78 Å². The van der Waals surface area contributed by atoms with Crippen LogP contribution in [0.25, 0.3) is 0 Å². The zero-order valence-corrected chi connectivity index (χ0v) is 9.17. The minimum absolute atomic E-state index is 0.0910. The van der Waals surface area contributed by atoms with Crippen LogP contribution in [-0.4, -0.2) is 23.4 Å².